The van der Waals surface area contributed by atoms with Gasteiger partial charge in [-0.1, -0.05) is 0 Å². The van der Waals surface area contributed by atoms with Crippen molar-refractivity contribution in [1.82, 2.24) is 4.37 Å². The number of carbonyl (C=O) groups is 2. The Morgan fingerprint density at radius 1 is 1.33 bits per heavy atom. The Hall–Kier alpha value is -1.63. The average Bonchev–Trinajstić information content (AvgIpc) is 2.57. The smallest absolute Gasteiger partial charge is 0.360 e. The highest BCUT2D eigenvalue weighted by Gasteiger charge is 2.26. The minimum atomic E-state index is -0.646. The molecule has 1 rings (SSSR count). The van der Waals surface area contributed by atoms with E-state index in [9.17, 15) is 9.59 Å². The van der Waals surface area contributed by atoms with Gasteiger partial charge < -0.3 is 15.2 Å². The highest BCUT2D eigenvalue weighted by atomic mass is 32.1. The van der Waals surface area contributed by atoms with Crippen molar-refractivity contribution < 1.29 is 19.1 Å². The van der Waals surface area contributed by atoms with E-state index in [1.807, 2.05) is 0 Å². The molecule has 6 nitrogen and oxygen atoms in total. The summed E-state index contributed by atoms with van der Waals surface area (Å²) in [6.45, 7) is 7.13. The zero-order valence-corrected chi connectivity index (χ0v) is 11.6. The van der Waals surface area contributed by atoms with Gasteiger partial charge in [0.25, 0.3) is 0 Å². The minimum absolute atomic E-state index is 0.00713. The van der Waals surface area contributed by atoms with E-state index >= 15 is 0 Å². The van der Waals surface area contributed by atoms with Crippen LogP contribution in [0, 0.1) is 0 Å². The summed E-state index contributed by atoms with van der Waals surface area (Å²) in [4.78, 5) is 23.4. The number of nitrogen functional groups attached to an aromatic ring is 1. The summed E-state index contributed by atoms with van der Waals surface area (Å²) in [7, 11) is 0. The van der Waals surface area contributed by atoms with Crippen LogP contribution in [-0.4, -0.2) is 28.5 Å². The molecule has 0 unspecified atom stereocenters. The third kappa shape index (κ3) is 3.43. The van der Waals surface area contributed by atoms with Crippen LogP contribution >= 0.6 is 11.5 Å². The molecule has 0 aliphatic carbocycles. The Morgan fingerprint density at radius 2 is 1.94 bits per heavy atom. The van der Waals surface area contributed by atoms with Crippen LogP contribution in [0.25, 0.3) is 0 Å². The van der Waals surface area contributed by atoms with Gasteiger partial charge in [0.2, 0.25) is 0 Å². The largest absolute Gasteiger partial charge is 0.462 e. The SMILES string of the molecule is CCOC(=O)c1snc(C(=O)OC(C)(C)C)c1N. The predicted octanol–water partition coefficient (Wildman–Crippen LogP) is 1.86. The maximum Gasteiger partial charge on any atom is 0.360 e. The lowest BCUT2D eigenvalue weighted by atomic mass is 10.2. The Balaban J connectivity index is 2.93. The fourth-order valence-corrected chi connectivity index (χ4v) is 1.80. The maximum atomic E-state index is 11.8. The van der Waals surface area contributed by atoms with Crippen LogP contribution in [0.3, 0.4) is 0 Å². The van der Waals surface area contributed by atoms with Gasteiger partial charge in [0, 0.05) is 0 Å². The number of nitrogens with two attached hydrogens (primary N) is 1. The molecule has 0 amide bonds. The summed E-state index contributed by atoms with van der Waals surface area (Å²) in [5.74, 6) is -1.23. The maximum absolute atomic E-state index is 11.8. The Kier molecular flexibility index (Phi) is 4.28. The zero-order chi connectivity index (χ0) is 13.9. The third-order valence-electron chi connectivity index (χ3n) is 1.78. The van der Waals surface area contributed by atoms with E-state index in [0.717, 1.165) is 11.5 Å². The number of hydrogen-bond donors (Lipinski definition) is 1. The standard InChI is InChI=1S/C11H16N2O4S/c1-5-16-10(15)8-6(12)7(13-18-8)9(14)17-11(2,3)4/h5,12H2,1-4H3. The second-order valence-electron chi connectivity index (χ2n) is 4.50. The number of esters is 2. The Bertz CT molecular complexity index is 462. The fourth-order valence-electron chi connectivity index (χ4n) is 1.11. The van der Waals surface area contributed by atoms with Crippen molar-refractivity contribution >= 4 is 29.2 Å². The number of carbonyl (C=O) groups excluding carboxylic acids is 2. The molecule has 0 fully saturated rings. The van der Waals surface area contributed by atoms with Crippen molar-refractivity contribution in [1.29, 1.82) is 0 Å². The van der Waals surface area contributed by atoms with Crippen molar-refractivity contribution in [3.8, 4) is 0 Å². The third-order valence-corrected chi connectivity index (χ3v) is 2.62. The molecular formula is C11H16N2O4S. The second kappa shape index (κ2) is 5.34. The number of aromatic nitrogens is 1. The summed E-state index contributed by atoms with van der Waals surface area (Å²) >= 11 is 0.828. The average molecular weight is 272 g/mol. The number of rotatable bonds is 3. The molecule has 0 atom stereocenters. The first kappa shape index (κ1) is 14.4. The first-order valence-corrected chi connectivity index (χ1v) is 6.19. The van der Waals surface area contributed by atoms with E-state index in [0.29, 0.717) is 0 Å². The molecule has 0 saturated heterocycles. The quantitative estimate of drug-likeness (QED) is 0.844. The molecule has 2 N–H and O–H groups in total. The summed E-state index contributed by atoms with van der Waals surface area (Å²) in [6.07, 6.45) is 0. The van der Waals surface area contributed by atoms with Gasteiger partial charge in [-0.3, -0.25) is 0 Å². The first-order chi connectivity index (χ1) is 8.26. The lowest BCUT2D eigenvalue weighted by Crippen LogP contribution is -2.24. The molecule has 0 aliphatic heterocycles. The Labute approximate surface area is 109 Å². The molecule has 100 valence electrons. The summed E-state index contributed by atoms with van der Waals surface area (Å²) in [6, 6.07) is 0. The molecule has 0 bridgehead atoms. The molecular weight excluding hydrogens is 256 g/mol. The summed E-state index contributed by atoms with van der Waals surface area (Å²) in [5, 5.41) is 0. The predicted molar refractivity (Wildman–Crippen MR) is 67.7 cm³/mol. The van der Waals surface area contributed by atoms with Crippen molar-refractivity contribution in [2.75, 3.05) is 12.3 Å². The van der Waals surface area contributed by atoms with Crippen LogP contribution in [0.4, 0.5) is 5.69 Å². The van der Waals surface area contributed by atoms with E-state index in [2.05, 4.69) is 4.37 Å². The molecule has 0 spiro atoms. The topological polar surface area (TPSA) is 91.5 Å². The van der Waals surface area contributed by atoms with Crippen molar-refractivity contribution in [2.45, 2.75) is 33.3 Å². The van der Waals surface area contributed by atoms with Crippen LogP contribution in [0.15, 0.2) is 0 Å². The van der Waals surface area contributed by atoms with Gasteiger partial charge in [-0.05, 0) is 39.2 Å². The van der Waals surface area contributed by atoms with E-state index < -0.39 is 17.5 Å². The Morgan fingerprint density at radius 3 is 2.44 bits per heavy atom. The molecule has 0 saturated carbocycles. The van der Waals surface area contributed by atoms with Crippen LogP contribution in [0.2, 0.25) is 0 Å². The fraction of sp³-hybridized carbons (Fsp3) is 0.545. The molecule has 18 heavy (non-hydrogen) atoms. The normalized spacial score (nSPS) is 11.1. The van der Waals surface area contributed by atoms with Gasteiger partial charge in [-0.25, -0.2) is 9.59 Å². The van der Waals surface area contributed by atoms with Crippen LogP contribution < -0.4 is 5.73 Å². The van der Waals surface area contributed by atoms with Gasteiger partial charge in [-0.2, -0.15) is 4.37 Å². The van der Waals surface area contributed by atoms with Crippen LogP contribution in [-0.2, 0) is 9.47 Å². The lowest BCUT2D eigenvalue weighted by molar-refractivity contribution is 0.00655. The van der Waals surface area contributed by atoms with Gasteiger partial charge in [-0.15, -0.1) is 0 Å². The van der Waals surface area contributed by atoms with Gasteiger partial charge in [0.15, 0.2) is 10.6 Å². The molecule has 1 aromatic rings. The number of ether oxygens (including phenoxy) is 2. The van der Waals surface area contributed by atoms with Crippen LogP contribution in [0.5, 0.6) is 0 Å². The first-order valence-electron chi connectivity index (χ1n) is 5.42. The summed E-state index contributed by atoms with van der Waals surface area (Å²) < 4.78 is 13.8. The lowest BCUT2D eigenvalue weighted by Gasteiger charge is -2.18. The van der Waals surface area contributed by atoms with E-state index in [4.69, 9.17) is 15.2 Å². The number of anilines is 1. The second-order valence-corrected chi connectivity index (χ2v) is 5.27. The molecule has 0 aromatic carbocycles. The number of nitrogens with zero attached hydrogens (tertiary/aromatic N) is 1. The van der Waals surface area contributed by atoms with E-state index in [-0.39, 0.29) is 22.9 Å². The highest BCUT2D eigenvalue weighted by Crippen LogP contribution is 2.24. The van der Waals surface area contributed by atoms with Crippen LogP contribution in [0.1, 0.15) is 47.9 Å². The van der Waals surface area contributed by atoms with Gasteiger partial charge >= 0.3 is 11.9 Å². The highest BCUT2D eigenvalue weighted by molar-refractivity contribution is 7.08. The van der Waals surface area contributed by atoms with Gasteiger partial charge in [0.05, 0.1) is 12.3 Å². The zero-order valence-electron chi connectivity index (χ0n) is 10.8. The van der Waals surface area contributed by atoms with Gasteiger partial charge in [0.1, 0.15) is 5.60 Å². The number of hydrogen-bond acceptors (Lipinski definition) is 7. The molecule has 1 aromatic heterocycles. The molecule has 7 heteroatoms. The molecule has 0 aliphatic rings. The monoisotopic (exact) mass is 272 g/mol. The van der Waals surface area contributed by atoms with Crippen molar-refractivity contribution in [3.63, 3.8) is 0 Å². The molecule has 0 radical (unpaired) electrons. The van der Waals surface area contributed by atoms with E-state index in [1.54, 1.807) is 27.7 Å². The van der Waals surface area contributed by atoms with Crippen molar-refractivity contribution in [3.05, 3.63) is 10.6 Å². The van der Waals surface area contributed by atoms with E-state index in [1.165, 1.54) is 0 Å². The summed E-state index contributed by atoms with van der Waals surface area (Å²) in [5.41, 5.74) is 5.02. The van der Waals surface area contributed by atoms with Crippen molar-refractivity contribution in [2.24, 2.45) is 0 Å². The molecule has 1 heterocycles. The minimum Gasteiger partial charge on any atom is -0.462 e.